The highest BCUT2D eigenvalue weighted by molar-refractivity contribution is 7.21. The lowest BCUT2D eigenvalue weighted by atomic mass is 10.2. The SMILES string of the molecule is Cc1ccc2nc(-c3ccc(Cl)cc3)sc2c1. The second kappa shape index (κ2) is 4.13. The summed E-state index contributed by atoms with van der Waals surface area (Å²) in [6.45, 7) is 2.10. The van der Waals surface area contributed by atoms with Crippen LogP contribution in [0, 0.1) is 6.92 Å². The monoisotopic (exact) mass is 259 g/mol. The highest BCUT2D eigenvalue weighted by Gasteiger charge is 2.05. The molecule has 0 aliphatic rings. The Kier molecular flexibility index (Phi) is 2.61. The average Bonchev–Trinajstić information content (AvgIpc) is 2.72. The quantitative estimate of drug-likeness (QED) is 0.604. The fourth-order valence-electron chi connectivity index (χ4n) is 1.75. The number of thiazole rings is 1. The Labute approximate surface area is 109 Å². The molecule has 1 nitrogen and oxygen atoms in total. The third-order valence-corrected chi connectivity index (χ3v) is 3.95. The lowest BCUT2D eigenvalue weighted by Crippen LogP contribution is -1.75. The Balaban J connectivity index is 2.14. The zero-order valence-electron chi connectivity index (χ0n) is 9.27. The molecule has 84 valence electrons. The van der Waals surface area contributed by atoms with Gasteiger partial charge < -0.3 is 0 Å². The molecule has 3 aromatic rings. The first-order valence-electron chi connectivity index (χ1n) is 5.35. The smallest absolute Gasteiger partial charge is 0.124 e. The van der Waals surface area contributed by atoms with Gasteiger partial charge in [0.25, 0.3) is 0 Å². The van der Waals surface area contributed by atoms with E-state index in [9.17, 15) is 0 Å². The van der Waals surface area contributed by atoms with Gasteiger partial charge in [-0.1, -0.05) is 29.8 Å². The minimum atomic E-state index is 0.755. The Bertz CT molecular complexity index is 670. The summed E-state index contributed by atoms with van der Waals surface area (Å²) in [7, 11) is 0. The zero-order chi connectivity index (χ0) is 11.8. The summed E-state index contributed by atoms with van der Waals surface area (Å²) >= 11 is 7.60. The molecule has 0 spiro atoms. The van der Waals surface area contributed by atoms with Crippen molar-refractivity contribution in [3.63, 3.8) is 0 Å². The molecule has 0 bridgehead atoms. The van der Waals surface area contributed by atoms with Crippen molar-refractivity contribution >= 4 is 33.2 Å². The van der Waals surface area contributed by atoms with E-state index in [-0.39, 0.29) is 0 Å². The zero-order valence-corrected chi connectivity index (χ0v) is 10.8. The summed E-state index contributed by atoms with van der Waals surface area (Å²) in [6, 6.07) is 14.1. The summed E-state index contributed by atoms with van der Waals surface area (Å²) in [6.07, 6.45) is 0. The standard InChI is InChI=1S/C14H10ClNS/c1-9-2-7-12-13(8-9)17-14(16-12)10-3-5-11(15)6-4-10/h2-8H,1H3. The van der Waals surface area contributed by atoms with Gasteiger partial charge in [-0.3, -0.25) is 0 Å². The van der Waals surface area contributed by atoms with E-state index >= 15 is 0 Å². The molecule has 17 heavy (non-hydrogen) atoms. The summed E-state index contributed by atoms with van der Waals surface area (Å²) in [5.41, 5.74) is 3.45. The molecule has 0 amide bonds. The van der Waals surface area contributed by atoms with Crippen LogP contribution in [-0.4, -0.2) is 4.98 Å². The molecule has 0 fully saturated rings. The average molecular weight is 260 g/mol. The van der Waals surface area contributed by atoms with Crippen LogP contribution in [0.3, 0.4) is 0 Å². The molecule has 0 unspecified atom stereocenters. The maximum Gasteiger partial charge on any atom is 0.124 e. The molecule has 1 heterocycles. The van der Waals surface area contributed by atoms with Crippen molar-refractivity contribution in [3.8, 4) is 10.6 Å². The van der Waals surface area contributed by atoms with E-state index in [4.69, 9.17) is 11.6 Å². The highest BCUT2D eigenvalue weighted by atomic mass is 35.5. The van der Waals surface area contributed by atoms with Crippen molar-refractivity contribution in [2.45, 2.75) is 6.92 Å². The number of fused-ring (bicyclic) bond motifs is 1. The van der Waals surface area contributed by atoms with Crippen molar-refractivity contribution in [3.05, 3.63) is 53.1 Å². The van der Waals surface area contributed by atoms with Crippen molar-refractivity contribution in [1.82, 2.24) is 4.98 Å². The van der Waals surface area contributed by atoms with E-state index < -0.39 is 0 Å². The molecule has 0 saturated heterocycles. The number of benzene rings is 2. The Morgan fingerprint density at radius 1 is 1.06 bits per heavy atom. The van der Waals surface area contributed by atoms with Gasteiger partial charge in [0.1, 0.15) is 5.01 Å². The molecule has 0 aliphatic heterocycles. The van der Waals surface area contributed by atoms with E-state index in [0.29, 0.717) is 0 Å². The van der Waals surface area contributed by atoms with Crippen molar-refractivity contribution in [1.29, 1.82) is 0 Å². The van der Waals surface area contributed by atoms with Crippen LogP contribution in [-0.2, 0) is 0 Å². The van der Waals surface area contributed by atoms with Crippen LogP contribution >= 0.6 is 22.9 Å². The predicted octanol–water partition coefficient (Wildman–Crippen LogP) is 4.93. The van der Waals surface area contributed by atoms with Gasteiger partial charge in [-0.15, -0.1) is 11.3 Å². The lowest BCUT2D eigenvalue weighted by molar-refractivity contribution is 1.45. The van der Waals surface area contributed by atoms with Crippen molar-refractivity contribution in [2.75, 3.05) is 0 Å². The molecule has 0 saturated carbocycles. The van der Waals surface area contributed by atoms with Gasteiger partial charge in [-0.05, 0) is 36.8 Å². The van der Waals surface area contributed by atoms with Gasteiger partial charge in [-0.25, -0.2) is 4.98 Å². The van der Waals surface area contributed by atoms with E-state index in [1.807, 2.05) is 24.3 Å². The van der Waals surface area contributed by atoms with Gasteiger partial charge in [0.15, 0.2) is 0 Å². The summed E-state index contributed by atoms with van der Waals surface area (Å²) in [4.78, 5) is 4.63. The minimum absolute atomic E-state index is 0.755. The largest absolute Gasteiger partial charge is 0.236 e. The van der Waals surface area contributed by atoms with Crippen LogP contribution in [0.25, 0.3) is 20.8 Å². The normalized spacial score (nSPS) is 10.9. The number of hydrogen-bond donors (Lipinski definition) is 0. The molecule has 3 heteroatoms. The van der Waals surface area contributed by atoms with E-state index in [2.05, 4.69) is 30.1 Å². The molecule has 2 aromatic carbocycles. The molecule has 3 rings (SSSR count). The molecular weight excluding hydrogens is 250 g/mol. The van der Waals surface area contributed by atoms with Gasteiger partial charge in [-0.2, -0.15) is 0 Å². The number of nitrogens with zero attached hydrogens (tertiary/aromatic N) is 1. The van der Waals surface area contributed by atoms with Gasteiger partial charge in [0, 0.05) is 10.6 Å². The van der Waals surface area contributed by atoms with Gasteiger partial charge in [0.2, 0.25) is 0 Å². The van der Waals surface area contributed by atoms with E-state index in [0.717, 1.165) is 21.1 Å². The second-order valence-corrected chi connectivity index (χ2v) is 5.46. The number of halogens is 1. The summed E-state index contributed by atoms with van der Waals surface area (Å²) < 4.78 is 1.23. The van der Waals surface area contributed by atoms with Crippen LogP contribution < -0.4 is 0 Å². The van der Waals surface area contributed by atoms with E-state index in [1.165, 1.54) is 10.3 Å². The third-order valence-electron chi connectivity index (χ3n) is 2.64. The molecular formula is C14H10ClNS. The highest BCUT2D eigenvalue weighted by Crippen LogP contribution is 2.31. The maximum atomic E-state index is 5.88. The van der Waals surface area contributed by atoms with Crippen LogP contribution in [0.2, 0.25) is 5.02 Å². The number of aryl methyl sites for hydroxylation is 1. The first-order chi connectivity index (χ1) is 8.22. The number of aromatic nitrogens is 1. The fourth-order valence-corrected chi connectivity index (χ4v) is 2.94. The minimum Gasteiger partial charge on any atom is -0.236 e. The van der Waals surface area contributed by atoms with Crippen LogP contribution in [0.5, 0.6) is 0 Å². The first kappa shape index (κ1) is 10.8. The van der Waals surface area contributed by atoms with E-state index in [1.54, 1.807) is 11.3 Å². The lowest BCUT2D eigenvalue weighted by Gasteiger charge is -1.94. The molecule has 0 N–H and O–H groups in total. The number of hydrogen-bond acceptors (Lipinski definition) is 2. The Hall–Kier alpha value is -1.38. The second-order valence-electron chi connectivity index (χ2n) is 4.00. The van der Waals surface area contributed by atoms with Gasteiger partial charge >= 0.3 is 0 Å². The van der Waals surface area contributed by atoms with Crippen LogP contribution in [0.4, 0.5) is 0 Å². The van der Waals surface area contributed by atoms with Crippen molar-refractivity contribution in [2.24, 2.45) is 0 Å². The Morgan fingerprint density at radius 3 is 2.59 bits per heavy atom. The Morgan fingerprint density at radius 2 is 1.82 bits per heavy atom. The predicted molar refractivity (Wildman–Crippen MR) is 74.8 cm³/mol. The molecule has 0 aliphatic carbocycles. The summed E-state index contributed by atoms with van der Waals surface area (Å²) in [5.74, 6) is 0. The molecule has 0 radical (unpaired) electrons. The topological polar surface area (TPSA) is 12.9 Å². The summed E-state index contributed by atoms with van der Waals surface area (Å²) in [5, 5.41) is 1.80. The number of rotatable bonds is 1. The van der Waals surface area contributed by atoms with Crippen LogP contribution in [0.15, 0.2) is 42.5 Å². The van der Waals surface area contributed by atoms with Gasteiger partial charge in [0.05, 0.1) is 10.2 Å². The van der Waals surface area contributed by atoms with Crippen LogP contribution in [0.1, 0.15) is 5.56 Å². The van der Waals surface area contributed by atoms with Crippen molar-refractivity contribution < 1.29 is 0 Å². The maximum absolute atomic E-state index is 5.88. The molecule has 1 aromatic heterocycles. The fraction of sp³-hybridized carbons (Fsp3) is 0.0714. The third kappa shape index (κ3) is 2.06. The first-order valence-corrected chi connectivity index (χ1v) is 6.55. The molecule has 0 atom stereocenters.